The van der Waals surface area contributed by atoms with Gasteiger partial charge in [-0.15, -0.1) is 5.10 Å². The predicted octanol–water partition coefficient (Wildman–Crippen LogP) is -2.58. The second-order valence-corrected chi connectivity index (χ2v) is 5.82. The third kappa shape index (κ3) is 3.26. The Hall–Kier alpha value is -2.34. The molecule has 136 valence electrons. The van der Waals surface area contributed by atoms with Crippen molar-refractivity contribution in [3.05, 3.63) is 44.0 Å². The minimum atomic E-state index is -1.43. The number of aromatic amines is 2. The minimum Gasteiger partial charge on any atom is -0.394 e. The van der Waals surface area contributed by atoms with Gasteiger partial charge >= 0.3 is 5.69 Å². The van der Waals surface area contributed by atoms with Gasteiger partial charge in [-0.2, -0.15) is 0 Å². The molecule has 0 spiro atoms. The number of nitrogens with one attached hydrogen (secondary N) is 2. The van der Waals surface area contributed by atoms with Crippen molar-refractivity contribution in [1.82, 2.24) is 25.0 Å². The molecule has 11 heteroatoms. The van der Waals surface area contributed by atoms with Crippen molar-refractivity contribution in [3.8, 4) is 0 Å². The molecule has 1 fully saturated rings. The van der Waals surface area contributed by atoms with Gasteiger partial charge in [0.25, 0.3) is 5.56 Å². The fourth-order valence-corrected chi connectivity index (χ4v) is 2.85. The highest BCUT2D eigenvalue weighted by Gasteiger charge is 2.45. The van der Waals surface area contributed by atoms with E-state index in [0.29, 0.717) is 6.42 Å². The van der Waals surface area contributed by atoms with Crippen LogP contribution in [0.25, 0.3) is 0 Å². The van der Waals surface area contributed by atoms with E-state index in [1.165, 1.54) is 4.68 Å². The summed E-state index contributed by atoms with van der Waals surface area (Å²) in [6, 6.07) is 0. The third-order valence-corrected chi connectivity index (χ3v) is 4.16. The summed E-state index contributed by atoms with van der Waals surface area (Å²) in [6.45, 7) is 1.41. The molecule has 3 rings (SSSR count). The Morgan fingerprint density at radius 3 is 2.64 bits per heavy atom. The summed E-state index contributed by atoms with van der Waals surface area (Å²) >= 11 is 0. The maximum atomic E-state index is 12.3. The normalized spacial score (nSPS) is 26.2. The van der Waals surface area contributed by atoms with Gasteiger partial charge in [-0.1, -0.05) is 12.1 Å². The largest absolute Gasteiger partial charge is 0.394 e. The Balaban J connectivity index is 2.01. The summed E-state index contributed by atoms with van der Waals surface area (Å²) in [5.41, 5.74) is -0.579. The first kappa shape index (κ1) is 17.5. The van der Waals surface area contributed by atoms with Crippen LogP contribution in [-0.2, 0) is 17.7 Å². The number of ether oxygens (including phenoxy) is 1. The van der Waals surface area contributed by atoms with E-state index in [9.17, 15) is 24.9 Å². The molecule has 0 aliphatic carbocycles. The van der Waals surface area contributed by atoms with Crippen LogP contribution in [0.1, 0.15) is 30.0 Å². The zero-order chi connectivity index (χ0) is 18.1. The highest BCUT2D eigenvalue weighted by atomic mass is 16.6. The Kier molecular flexibility index (Phi) is 4.81. The van der Waals surface area contributed by atoms with E-state index in [4.69, 9.17) is 4.74 Å². The van der Waals surface area contributed by atoms with Crippen molar-refractivity contribution in [1.29, 1.82) is 0 Å². The summed E-state index contributed by atoms with van der Waals surface area (Å²) in [5, 5.41) is 37.1. The van der Waals surface area contributed by atoms with Crippen LogP contribution in [0.15, 0.2) is 15.8 Å². The molecular weight excluding hydrogens is 334 g/mol. The Labute approximate surface area is 140 Å². The molecule has 2 aromatic heterocycles. The lowest BCUT2D eigenvalue weighted by Gasteiger charge is -2.17. The quantitative estimate of drug-likeness (QED) is 0.391. The minimum absolute atomic E-state index is 0.0218. The fourth-order valence-electron chi connectivity index (χ4n) is 2.85. The lowest BCUT2D eigenvalue weighted by atomic mass is 10.0. The number of rotatable bonds is 5. The van der Waals surface area contributed by atoms with Crippen molar-refractivity contribution in [2.75, 3.05) is 6.61 Å². The van der Waals surface area contributed by atoms with Gasteiger partial charge in [0.1, 0.15) is 24.4 Å². The van der Waals surface area contributed by atoms with Gasteiger partial charge in [-0.3, -0.25) is 9.78 Å². The summed E-state index contributed by atoms with van der Waals surface area (Å²) in [7, 11) is 0. The highest BCUT2D eigenvalue weighted by Crippen LogP contribution is 2.32. The van der Waals surface area contributed by atoms with Crippen LogP contribution in [0.3, 0.4) is 0 Å². The molecule has 25 heavy (non-hydrogen) atoms. The summed E-state index contributed by atoms with van der Waals surface area (Å²) in [4.78, 5) is 28.5. The monoisotopic (exact) mass is 353 g/mol. The van der Waals surface area contributed by atoms with E-state index in [-0.39, 0.29) is 17.8 Å². The molecule has 0 radical (unpaired) electrons. The molecule has 1 saturated heterocycles. The maximum Gasteiger partial charge on any atom is 0.325 e. The molecule has 0 aromatic carbocycles. The Morgan fingerprint density at radius 1 is 1.28 bits per heavy atom. The number of hydrogen-bond donors (Lipinski definition) is 5. The van der Waals surface area contributed by atoms with Crippen LogP contribution >= 0.6 is 0 Å². The maximum absolute atomic E-state index is 12.3. The molecule has 0 bridgehead atoms. The van der Waals surface area contributed by atoms with Crippen LogP contribution in [0.4, 0.5) is 0 Å². The molecule has 0 amide bonds. The first-order valence-corrected chi connectivity index (χ1v) is 7.81. The standard InChI is InChI=1S/C14H19N5O6/c1-2-6-3-19(18-17-6)4-7-9(13(23)16-14(24)15-7)12-11(22)10(21)8(5-20)25-12/h3,8,10-12,20-22H,2,4-5H2,1H3,(H2,15,16,23,24). The average Bonchev–Trinajstić information content (AvgIpc) is 3.13. The van der Waals surface area contributed by atoms with Crippen molar-refractivity contribution < 1.29 is 20.1 Å². The van der Waals surface area contributed by atoms with Gasteiger partial charge < -0.3 is 25.0 Å². The lowest BCUT2D eigenvalue weighted by Crippen LogP contribution is -2.35. The first-order chi connectivity index (χ1) is 11.9. The molecular formula is C14H19N5O6. The van der Waals surface area contributed by atoms with Crippen LogP contribution < -0.4 is 11.2 Å². The summed E-state index contributed by atoms with van der Waals surface area (Å²) < 4.78 is 6.85. The van der Waals surface area contributed by atoms with Gasteiger partial charge in [-0.25, -0.2) is 9.48 Å². The smallest absolute Gasteiger partial charge is 0.325 e. The fraction of sp³-hybridized carbons (Fsp3) is 0.571. The van der Waals surface area contributed by atoms with E-state index >= 15 is 0 Å². The van der Waals surface area contributed by atoms with E-state index < -0.39 is 42.3 Å². The molecule has 5 N–H and O–H groups in total. The number of hydrogen-bond acceptors (Lipinski definition) is 8. The number of H-pyrrole nitrogens is 2. The number of nitrogens with zero attached hydrogens (tertiary/aromatic N) is 3. The molecule has 1 aliphatic rings. The molecule has 2 aromatic rings. The van der Waals surface area contributed by atoms with Crippen LogP contribution in [0.2, 0.25) is 0 Å². The number of aliphatic hydroxyl groups excluding tert-OH is 3. The summed E-state index contributed by atoms with van der Waals surface area (Å²) in [5.74, 6) is 0. The molecule has 1 aliphatic heterocycles. The van der Waals surface area contributed by atoms with E-state index in [2.05, 4.69) is 20.3 Å². The van der Waals surface area contributed by atoms with Crippen LogP contribution in [0.5, 0.6) is 0 Å². The Bertz CT molecular complexity index is 858. The van der Waals surface area contributed by atoms with Gasteiger partial charge in [0.05, 0.1) is 30.1 Å². The number of aryl methyl sites for hydroxylation is 1. The SMILES string of the molecule is CCc1cn(Cc2[nH]c(=O)[nH]c(=O)c2C2OC(CO)C(O)C2O)nn1. The highest BCUT2D eigenvalue weighted by molar-refractivity contribution is 5.23. The lowest BCUT2D eigenvalue weighted by molar-refractivity contribution is -0.0235. The molecule has 11 nitrogen and oxygen atoms in total. The summed E-state index contributed by atoms with van der Waals surface area (Å²) in [6.07, 6.45) is -2.67. The van der Waals surface area contributed by atoms with Gasteiger partial charge in [-0.05, 0) is 6.42 Å². The number of aliphatic hydroxyl groups is 3. The zero-order valence-electron chi connectivity index (χ0n) is 13.4. The van der Waals surface area contributed by atoms with Crippen molar-refractivity contribution in [2.24, 2.45) is 0 Å². The van der Waals surface area contributed by atoms with Gasteiger partial charge in [0.15, 0.2) is 0 Å². The zero-order valence-corrected chi connectivity index (χ0v) is 13.4. The predicted molar refractivity (Wildman–Crippen MR) is 82.9 cm³/mol. The first-order valence-electron chi connectivity index (χ1n) is 7.81. The van der Waals surface area contributed by atoms with Crippen LogP contribution in [0, 0.1) is 0 Å². The van der Waals surface area contributed by atoms with Crippen LogP contribution in [-0.4, -0.2) is 65.2 Å². The average molecular weight is 353 g/mol. The molecule has 4 unspecified atom stereocenters. The molecule has 3 heterocycles. The second-order valence-electron chi connectivity index (χ2n) is 5.82. The van der Waals surface area contributed by atoms with Crippen molar-refractivity contribution >= 4 is 0 Å². The second kappa shape index (κ2) is 6.88. The molecule has 0 saturated carbocycles. The topological polar surface area (TPSA) is 166 Å². The van der Waals surface area contributed by atoms with E-state index in [0.717, 1.165) is 5.69 Å². The number of aromatic nitrogens is 5. The van der Waals surface area contributed by atoms with Crippen molar-refractivity contribution in [3.63, 3.8) is 0 Å². The third-order valence-electron chi connectivity index (χ3n) is 4.16. The Morgan fingerprint density at radius 2 is 2.04 bits per heavy atom. The van der Waals surface area contributed by atoms with Gasteiger partial charge in [0, 0.05) is 6.20 Å². The van der Waals surface area contributed by atoms with Crippen molar-refractivity contribution in [2.45, 2.75) is 44.3 Å². The van der Waals surface area contributed by atoms with Gasteiger partial charge in [0.2, 0.25) is 0 Å². The van der Waals surface area contributed by atoms with E-state index in [1.54, 1.807) is 6.20 Å². The van der Waals surface area contributed by atoms with E-state index in [1.807, 2.05) is 6.92 Å². The molecule has 4 atom stereocenters.